The van der Waals surface area contributed by atoms with Crippen molar-refractivity contribution in [3.63, 3.8) is 0 Å². The van der Waals surface area contributed by atoms with Crippen molar-refractivity contribution in [3.8, 4) is 0 Å². The maximum Gasteiger partial charge on any atom is 0.243 e. The third kappa shape index (κ3) is 4.87. The van der Waals surface area contributed by atoms with Gasteiger partial charge in [0.05, 0.1) is 22.2 Å². The average Bonchev–Trinajstić information content (AvgIpc) is 2.68. The smallest absolute Gasteiger partial charge is 0.243 e. The lowest BCUT2D eigenvalue weighted by Crippen LogP contribution is -2.39. The molecule has 5 nitrogen and oxygen atoms in total. The highest BCUT2D eigenvalue weighted by Crippen LogP contribution is 2.26. The predicted octanol–water partition coefficient (Wildman–Crippen LogP) is 4.71. The first-order chi connectivity index (χ1) is 13.3. The van der Waals surface area contributed by atoms with Gasteiger partial charge in [0.25, 0.3) is 0 Å². The van der Waals surface area contributed by atoms with Crippen LogP contribution in [0, 0.1) is 5.92 Å². The van der Waals surface area contributed by atoms with Crippen LogP contribution in [0.25, 0.3) is 0 Å². The minimum atomic E-state index is -3.61. The third-order valence-electron chi connectivity index (χ3n) is 4.78. The molecule has 0 radical (unpaired) electrons. The Morgan fingerprint density at radius 1 is 1.21 bits per heavy atom. The van der Waals surface area contributed by atoms with Gasteiger partial charge in [-0.05, 0) is 49.1 Å². The Bertz CT molecular complexity index is 979. The van der Waals surface area contributed by atoms with E-state index in [1.54, 1.807) is 30.3 Å². The molecule has 2 aromatic carbocycles. The van der Waals surface area contributed by atoms with Crippen molar-refractivity contribution >= 4 is 44.7 Å². The Hall–Kier alpha value is -1.60. The van der Waals surface area contributed by atoms with E-state index in [0.29, 0.717) is 40.3 Å². The van der Waals surface area contributed by atoms with Gasteiger partial charge in [-0.25, -0.2) is 8.42 Å². The number of sulfonamides is 1. The Morgan fingerprint density at radius 3 is 2.75 bits per heavy atom. The summed E-state index contributed by atoms with van der Waals surface area (Å²) >= 11 is 12.0. The van der Waals surface area contributed by atoms with Crippen LogP contribution in [0.4, 0.5) is 5.69 Å². The number of piperidine rings is 1. The van der Waals surface area contributed by atoms with E-state index in [4.69, 9.17) is 23.2 Å². The van der Waals surface area contributed by atoms with E-state index < -0.39 is 10.0 Å². The normalized spacial score (nSPS) is 18.0. The Kier molecular flexibility index (Phi) is 6.65. The number of benzene rings is 2. The molecule has 1 heterocycles. The first-order valence-electron chi connectivity index (χ1n) is 9.09. The molecule has 0 saturated carbocycles. The van der Waals surface area contributed by atoms with Gasteiger partial charge in [0.2, 0.25) is 10.0 Å². The van der Waals surface area contributed by atoms with Crippen LogP contribution in [0.3, 0.4) is 0 Å². The number of nitrogens with zero attached hydrogens (tertiary/aromatic N) is 1. The molecule has 28 heavy (non-hydrogen) atoms. The van der Waals surface area contributed by atoms with Crippen LogP contribution in [0.15, 0.2) is 47.4 Å². The summed E-state index contributed by atoms with van der Waals surface area (Å²) < 4.78 is 27.4. The molecule has 0 aromatic heterocycles. The monoisotopic (exact) mass is 440 g/mol. The van der Waals surface area contributed by atoms with E-state index in [-0.39, 0.29) is 17.2 Å². The zero-order chi connectivity index (χ0) is 20.3. The molecule has 1 aliphatic rings. The predicted molar refractivity (Wildman–Crippen MR) is 113 cm³/mol. The summed E-state index contributed by atoms with van der Waals surface area (Å²) in [7, 11) is -3.61. The molecule has 3 rings (SSSR count). The van der Waals surface area contributed by atoms with Gasteiger partial charge in [0.1, 0.15) is 0 Å². The fourth-order valence-electron chi connectivity index (χ4n) is 3.25. The van der Waals surface area contributed by atoms with E-state index in [2.05, 4.69) is 5.32 Å². The van der Waals surface area contributed by atoms with Crippen LogP contribution in [-0.2, 0) is 10.0 Å². The van der Waals surface area contributed by atoms with Gasteiger partial charge in [-0.3, -0.25) is 4.79 Å². The first-order valence-corrected chi connectivity index (χ1v) is 11.3. The molecule has 2 aromatic rings. The second-order valence-corrected chi connectivity index (χ2v) is 9.82. The molecule has 0 amide bonds. The zero-order valence-electron chi connectivity index (χ0n) is 15.5. The molecular weight excluding hydrogens is 419 g/mol. The van der Waals surface area contributed by atoms with Crippen molar-refractivity contribution in [1.82, 2.24) is 4.31 Å². The van der Waals surface area contributed by atoms with Crippen LogP contribution < -0.4 is 5.32 Å². The maximum atomic E-state index is 12.9. The number of ketones is 1. The highest BCUT2D eigenvalue weighted by Gasteiger charge is 2.29. The fourth-order valence-corrected chi connectivity index (χ4v) is 5.26. The topological polar surface area (TPSA) is 66.5 Å². The van der Waals surface area contributed by atoms with E-state index >= 15 is 0 Å². The molecule has 1 N–H and O–H groups in total. The summed E-state index contributed by atoms with van der Waals surface area (Å²) in [6.07, 6.45) is 1.88. The SMILES string of the molecule is CC1CCCN(S(=O)(=O)c2cccc(C(=O)CNc3cc(Cl)ccc3Cl)c2)C1. The van der Waals surface area contributed by atoms with Gasteiger partial charge in [0, 0.05) is 23.7 Å². The van der Waals surface area contributed by atoms with Crippen LogP contribution >= 0.6 is 23.2 Å². The van der Waals surface area contributed by atoms with Crippen molar-refractivity contribution in [2.75, 3.05) is 25.0 Å². The number of Topliss-reactive ketones (excluding diaryl/α,β-unsaturated/α-hetero) is 1. The lowest BCUT2D eigenvalue weighted by atomic mass is 10.0. The Labute approximate surface area is 175 Å². The van der Waals surface area contributed by atoms with Gasteiger partial charge in [0.15, 0.2) is 5.78 Å². The van der Waals surface area contributed by atoms with Gasteiger partial charge < -0.3 is 5.32 Å². The number of rotatable bonds is 6. The van der Waals surface area contributed by atoms with E-state index in [1.807, 2.05) is 6.92 Å². The number of hydrogen-bond donors (Lipinski definition) is 1. The van der Waals surface area contributed by atoms with Crippen LogP contribution in [0.1, 0.15) is 30.1 Å². The summed E-state index contributed by atoms with van der Waals surface area (Å²) in [6.45, 7) is 3.05. The molecule has 150 valence electrons. The molecule has 1 saturated heterocycles. The van der Waals surface area contributed by atoms with Gasteiger partial charge in [-0.2, -0.15) is 4.31 Å². The minimum absolute atomic E-state index is 0.0235. The molecule has 0 bridgehead atoms. The number of hydrogen-bond acceptors (Lipinski definition) is 4. The molecule has 1 aliphatic heterocycles. The van der Waals surface area contributed by atoms with Crippen molar-refractivity contribution < 1.29 is 13.2 Å². The van der Waals surface area contributed by atoms with Crippen molar-refractivity contribution in [2.24, 2.45) is 5.92 Å². The number of carbonyl (C=O) groups excluding carboxylic acids is 1. The summed E-state index contributed by atoms with van der Waals surface area (Å²) in [5.74, 6) is 0.0973. The van der Waals surface area contributed by atoms with Gasteiger partial charge in [-0.1, -0.05) is 42.3 Å². The number of anilines is 1. The van der Waals surface area contributed by atoms with Gasteiger partial charge >= 0.3 is 0 Å². The number of halogens is 2. The van der Waals surface area contributed by atoms with Crippen molar-refractivity contribution in [1.29, 1.82) is 0 Å². The summed E-state index contributed by atoms with van der Waals surface area (Å²) in [5, 5.41) is 3.91. The van der Waals surface area contributed by atoms with E-state index in [1.165, 1.54) is 16.4 Å². The van der Waals surface area contributed by atoms with Gasteiger partial charge in [-0.15, -0.1) is 0 Å². The minimum Gasteiger partial charge on any atom is -0.376 e. The fraction of sp³-hybridized carbons (Fsp3) is 0.350. The van der Waals surface area contributed by atoms with Crippen LogP contribution in [0.2, 0.25) is 10.0 Å². The number of carbonyl (C=O) groups is 1. The molecule has 1 unspecified atom stereocenters. The molecular formula is C20H22Cl2N2O3S. The second kappa shape index (κ2) is 8.82. The summed E-state index contributed by atoms with van der Waals surface area (Å²) in [6, 6.07) is 11.1. The maximum absolute atomic E-state index is 12.9. The second-order valence-electron chi connectivity index (χ2n) is 7.04. The lowest BCUT2D eigenvalue weighted by Gasteiger charge is -2.30. The van der Waals surface area contributed by atoms with Crippen LogP contribution in [0.5, 0.6) is 0 Å². The third-order valence-corrected chi connectivity index (χ3v) is 7.21. The molecule has 1 atom stereocenters. The average molecular weight is 441 g/mol. The number of nitrogens with one attached hydrogen (secondary N) is 1. The Balaban J connectivity index is 1.75. The molecule has 1 fully saturated rings. The van der Waals surface area contributed by atoms with E-state index in [0.717, 1.165) is 12.8 Å². The highest BCUT2D eigenvalue weighted by molar-refractivity contribution is 7.89. The summed E-state index contributed by atoms with van der Waals surface area (Å²) in [4.78, 5) is 12.7. The Morgan fingerprint density at radius 2 is 2.00 bits per heavy atom. The largest absolute Gasteiger partial charge is 0.376 e. The lowest BCUT2D eigenvalue weighted by molar-refractivity contribution is 0.101. The van der Waals surface area contributed by atoms with E-state index in [9.17, 15) is 13.2 Å². The molecule has 8 heteroatoms. The zero-order valence-corrected chi connectivity index (χ0v) is 17.8. The quantitative estimate of drug-likeness (QED) is 0.660. The summed E-state index contributed by atoms with van der Waals surface area (Å²) in [5.41, 5.74) is 0.880. The highest BCUT2D eigenvalue weighted by atomic mass is 35.5. The standard InChI is InChI=1S/C20H22Cl2N2O3S/c1-14-4-3-9-24(13-14)28(26,27)17-6-2-5-15(10-17)20(25)12-23-19-11-16(21)7-8-18(19)22/h2,5-8,10-11,14,23H,3-4,9,12-13H2,1H3. The van der Waals surface area contributed by atoms with Crippen LogP contribution in [-0.4, -0.2) is 38.1 Å². The van der Waals surface area contributed by atoms with Crippen molar-refractivity contribution in [2.45, 2.75) is 24.7 Å². The first kappa shape index (κ1) is 21.1. The molecule has 0 aliphatic carbocycles. The molecule has 0 spiro atoms. The van der Waals surface area contributed by atoms with Crippen molar-refractivity contribution in [3.05, 3.63) is 58.1 Å².